The summed E-state index contributed by atoms with van der Waals surface area (Å²) in [6.45, 7) is 4.11. The van der Waals surface area contributed by atoms with Crippen LogP contribution in [0.2, 0.25) is 0 Å². The number of carbonyl (C=O) groups is 2. The molecule has 0 aliphatic heterocycles. The summed E-state index contributed by atoms with van der Waals surface area (Å²) in [7, 11) is 0. The Morgan fingerprint density at radius 2 is 2.21 bits per heavy atom. The van der Waals surface area contributed by atoms with Gasteiger partial charge in [0.1, 0.15) is 0 Å². The van der Waals surface area contributed by atoms with Gasteiger partial charge in [-0.1, -0.05) is 0 Å². The Morgan fingerprint density at radius 1 is 1.47 bits per heavy atom. The molecule has 0 saturated carbocycles. The zero-order valence-corrected chi connectivity index (χ0v) is 11.8. The van der Waals surface area contributed by atoms with E-state index in [1.165, 1.54) is 11.3 Å². The number of hydrogen-bond acceptors (Lipinski definition) is 5. The van der Waals surface area contributed by atoms with E-state index in [0.717, 1.165) is 5.56 Å². The minimum absolute atomic E-state index is 0.251. The summed E-state index contributed by atoms with van der Waals surface area (Å²) in [5.74, 6) is -0.427. The van der Waals surface area contributed by atoms with E-state index in [0.29, 0.717) is 6.54 Å². The van der Waals surface area contributed by atoms with Gasteiger partial charge in [-0.3, -0.25) is 10.1 Å². The topological polar surface area (TPSA) is 90.5 Å². The van der Waals surface area contributed by atoms with Crippen molar-refractivity contribution in [2.45, 2.75) is 26.0 Å². The summed E-state index contributed by atoms with van der Waals surface area (Å²) < 4.78 is 0. The van der Waals surface area contributed by atoms with Gasteiger partial charge in [0.2, 0.25) is 5.91 Å². The summed E-state index contributed by atoms with van der Waals surface area (Å²) in [6.07, 6.45) is -0.661. The number of aliphatic hydroxyl groups excluding tert-OH is 1. The van der Waals surface area contributed by atoms with Crippen LogP contribution in [0.15, 0.2) is 16.8 Å². The van der Waals surface area contributed by atoms with E-state index in [1.54, 1.807) is 13.8 Å². The van der Waals surface area contributed by atoms with Crippen LogP contribution in [0, 0.1) is 0 Å². The summed E-state index contributed by atoms with van der Waals surface area (Å²) >= 11 is 1.50. The van der Waals surface area contributed by atoms with Crippen LogP contribution >= 0.6 is 11.3 Å². The Balaban J connectivity index is 2.32. The van der Waals surface area contributed by atoms with Gasteiger partial charge in [-0.05, 0) is 36.2 Å². The van der Waals surface area contributed by atoms with Crippen molar-refractivity contribution in [2.75, 3.05) is 13.1 Å². The molecule has 0 radical (unpaired) electrons. The first-order chi connectivity index (χ1) is 9.04. The Labute approximate surface area is 116 Å². The summed E-state index contributed by atoms with van der Waals surface area (Å²) in [5.41, 5.74) is 0.814. The van der Waals surface area contributed by atoms with E-state index < -0.39 is 24.1 Å². The second kappa shape index (κ2) is 7.88. The lowest BCUT2D eigenvalue weighted by Crippen LogP contribution is -2.48. The minimum Gasteiger partial charge on any atom is -0.387 e. The molecule has 0 aliphatic carbocycles. The predicted molar refractivity (Wildman–Crippen MR) is 74.0 cm³/mol. The van der Waals surface area contributed by atoms with E-state index >= 15 is 0 Å². The lowest BCUT2D eigenvalue weighted by molar-refractivity contribution is -0.121. The normalized spacial score (nSPS) is 13.6. The van der Waals surface area contributed by atoms with Gasteiger partial charge >= 0.3 is 6.03 Å². The molecule has 106 valence electrons. The highest BCUT2D eigenvalue weighted by molar-refractivity contribution is 7.07. The smallest absolute Gasteiger partial charge is 0.321 e. The Hall–Kier alpha value is -1.44. The molecule has 0 spiro atoms. The molecular weight excluding hydrogens is 266 g/mol. The fourth-order valence-electron chi connectivity index (χ4n) is 1.39. The van der Waals surface area contributed by atoms with Crippen LogP contribution in [0.25, 0.3) is 0 Å². The first-order valence-electron chi connectivity index (χ1n) is 6.06. The molecule has 1 rings (SSSR count). The van der Waals surface area contributed by atoms with Crippen LogP contribution in [0.4, 0.5) is 4.79 Å². The van der Waals surface area contributed by atoms with Crippen molar-refractivity contribution >= 4 is 23.3 Å². The second-order valence-corrected chi connectivity index (χ2v) is 4.83. The highest BCUT2D eigenvalue weighted by Gasteiger charge is 2.16. The van der Waals surface area contributed by atoms with Gasteiger partial charge in [-0.2, -0.15) is 11.3 Å². The number of rotatable bonds is 6. The Bertz CT molecular complexity index is 408. The van der Waals surface area contributed by atoms with Crippen LogP contribution in [-0.2, 0) is 4.79 Å². The van der Waals surface area contributed by atoms with Crippen molar-refractivity contribution in [3.63, 3.8) is 0 Å². The number of aliphatic hydroxyl groups is 1. The van der Waals surface area contributed by atoms with Gasteiger partial charge in [0.15, 0.2) is 0 Å². The van der Waals surface area contributed by atoms with E-state index in [-0.39, 0.29) is 6.54 Å². The number of nitrogens with one attached hydrogen (secondary N) is 3. The summed E-state index contributed by atoms with van der Waals surface area (Å²) in [5, 5.41) is 21.1. The average Bonchev–Trinajstić information content (AvgIpc) is 2.89. The Kier molecular flexibility index (Phi) is 6.48. The van der Waals surface area contributed by atoms with Gasteiger partial charge in [-0.15, -0.1) is 0 Å². The summed E-state index contributed by atoms with van der Waals surface area (Å²) in [4.78, 5) is 22.8. The van der Waals surface area contributed by atoms with Gasteiger partial charge in [-0.25, -0.2) is 4.79 Å². The molecule has 0 saturated heterocycles. The molecule has 1 heterocycles. The van der Waals surface area contributed by atoms with Gasteiger partial charge in [0, 0.05) is 13.1 Å². The molecule has 1 aromatic heterocycles. The first-order valence-corrected chi connectivity index (χ1v) is 7.01. The van der Waals surface area contributed by atoms with E-state index in [9.17, 15) is 14.7 Å². The van der Waals surface area contributed by atoms with Gasteiger partial charge in [0.05, 0.1) is 12.1 Å². The SMILES string of the molecule is CCNC(=O)NC(=O)C(C)NCC(O)c1ccsc1. The zero-order valence-electron chi connectivity index (χ0n) is 11.0. The third-order valence-corrected chi connectivity index (χ3v) is 3.21. The maximum Gasteiger partial charge on any atom is 0.321 e. The lowest BCUT2D eigenvalue weighted by Gasteiger charge is -2.16. The molecule has 19 heavy (non-hydrogen) atoms. The van der Waals surface area contributed by atoms with Gasteiger partial charge < -0.3 is 15.7 Å². The van der Waals surface area contributed by atoms with Crippen molar-refractivity contribution in [3.8, 4) is 0 Å². The molecule has 2 unspecified atom stereocenters. The molecule has 0 aromatic carbocycles. The molecule has 6 nitrogen and oxygen atoms in total. The lowest BCUT2D eigenvalue weighted by atomic mass is 10.2. The highest BCUT2D eigenvalue weighted by Crippen LogP contribution is 2.15. The van der Waals surface area contributed by atoms with Crippen LogP contribution in [0.5, 0.6) is 0 Å². The highest BCUT2D eigenvalue weighted by atomic mass is 32.1. The van der Waals surface area contributed by atoms with E-state index in [4.69, 9.17) is 0 Å². The number of thiophene rings is 1. The maximum absolute atomic E-state index is 11.6. The van der Waals surface area contributed by atoms with Crippen molar-refractivity contribution in [2.24, 2.45) is 0 Å². The number of amides is 3. The largest absolute Gasteiger partial charge is 0.387 e. The first kappa shape index (κ1) is 15.6. The third kappa shape index (κ3) is 5.37. The molecular formula is C12H19N3O3S. The Morgan fingerprint density at radius 3 is 2.79 bits per heavy atom. The second-order valence-electron chi connectivity index (χ2n) is 4.05. The zero-order chi connectivity index (χ0) is 14.3. The van der Waals surface area contributed by atoms with E-state index in [2.05, 4.69) is 16.0 Å². The number of imide groups is 1. The molecule has 1 aromatic rings. The van der Waals surface area contributed by atoms with Crippen molar-refractivity contribution < 1.29 is 14.7 Å². The van der Waals surface area contributed by atoms with Crippen LogP contribution < -0.4 is 16.0 Å². The number of carbonyl (C=O) groups excluding carboxylic acids is 2. The summed E-state index contributed by atoms with van der Waals surface area (Å²) in [6, 6.07) is 0.756. The third-order valence-electron chi connectivity index (χ3n) is 2.51. The molecule has 0 bridgehead atoms. The molecule has 7 heteroatoms. The molecule has 4 N–H and O–H groups in total. The van der Waals surface area contributed by atoms with Crippen molar-refractivity contribution in [1.29, 1.82) is 0 Å². The van der Waals surface area contributed by atoms with Crippen LogP contribution in [0.1, 0.15) is 25.5 Å². The van der Waals surface area contributed by atoms with E-state index in [1.807, 2.05) is 16.8 Å². The molecule has 2 atom stereocenters. The standard InChI is InChI=1S/C12H19N3O3S/c1-3-13-12(18)15-11(17)8(2)14-6-10(16)9-4-5-19-7-9/h4-5,7-8,10,14,16H,3,6H2,1-2H3,(H2,13,15,17,18). The van der Waals surface area contributed by atoms with Crippen molar-refractivity contribution in [3.05, 3.63) is 22.4 Å². The quantitative estimate of drug-likeness (QED) is 0.616. The predicted octanol–water partition coefficient (Wildman–Crippen LogP) is 0.605. The fourth-order valence-corrected chi connectivity index (χ4v) is 2.10. The molecule has 3 amide bonds. The van der Waals surface area contributed by atoms with Crippen LogP contribution in [-0.4, -0.2) is 36.2 Å². The average molecular weight is 285 g/mol. The van der Waals surface area contributed by atoms with Crippen molar-refractivity contribution in [1.82, 2.24) is 16.0 Å². The molecule has 0 aliphatic rings. The maximum atomic E-state index is 11.6. The monoisotopic (exact) mass is 285 g/mol. The molecule has 0 fully saturated rings. The fraction of sp³-hybridized carbons (Fsp3) is 0.500. The number of urea groups is 1. The number of hydrogen-bond donors (Lipinski definition) is 4. The van der Waals surface area contributed by atoms with Gasteiger partial charge in [0.25, 0.3) is 0 Å². The minimum atomic E-state index is -0.661. The van der Waals surface area contributed by atoms with Crippen LogP contribution in [0.3, 0.4) is 0 Å².